The molecule has 0 spiro atoms. The third-order valence-electron chi connectivity index (χ3n) is 7.74. The second kappa shape index (κ2) is 35.6. The van der Waals surface area contributed by atoms with Crippen molar-refractivity contribution in [1.29, 1.82) is 0 Å². The number of hydrogen-bond acceptors (Lipinski definition) is 10. The lowest BCUT2D eigenvalue weighted by atomic mass is 9.99. The van der Waals surface area contributed by atoms with Crippen molar-refractivity contribution in [1.82, 2.24) is 0 Å². The van der Waals surface area contributed by atoms with Crippen LogP contribution in [0.15, 0.2) is 0 Å². The Balaban J connectivity index is 2.76. The first kappa shape index (κ1) is 51.4. The summed E-state index contributed by atoms with van der Waals surface area (Å²) >= 11 is 0. The number of esters is 1. The number of carbonyl (C=O) groups is 1. The zero-order valence-electron chi connectivity index (χ0n) is 33.6. The van der Waals surface area contributed by atoms with Crippen molar-refractivity contribution in [3.05, 3.63) is 0 Å². The molecular formula is C50H46O10. The number of unbranched alkanes of at least 4 members (excludes halogenated alkanes) is 8. The second-order valence-electron chi connectivity index (χ2n) is 12.3. The summed E-state index contributed by atoms with van der Waals surface area (Å²) in [6.45, 7) is 2.54. The fourth-order valence-corrected chi connectivity index (χ4v) is 4.69. The monoisotopic (exact) mass is 806 g/mol. The van der Waals surface area contributed by atoms with E-state index < -0.39 is 68.2 Å². The number of carbonyl (C=O) groups excluding carboxylic acids is 1. The molecule has 5 unspecified atom stereocenters. The van der Waals surface area contributed by atoms with Crippen molar-refractivity contribution in [2.45, 2.75) is 133 Å². The van der Waals surface area contributed by atoms with E-state index in [1.165, 1.54) is 19.3 Å². The Morgan fingerprint density at radius 2 is 1.05 bits per heavy atom. The summed E-state index contributed by atoms with van der Waals surface area (Å²) in [5, 5.41) is 61.6. The molecular weight excluding hydrogens is 761 g/mol. The van der Waals surface area contributed by atoms with Gasteiger partial charge in [-0.3, -0.25) is 0 Å². The van der Waals surface area contributed by atoms with Crippen LogP contribution >= 0.6 is 0 Å². The highest BCUT2D eigenvalue weighted by Crippen LogP contribution is 2.23. The molecule has 10 heteroatoms. The van der Waals surface area contributed by atoms with E-state index in [9.17, 15) is 35.4 Å². The average Bonchev–Trinajstić information content (AvgIpc) is 3.25. The molecule has 60 heavy (non-hydrogen) atoms. The molecule has 10 nitrogen and oxygen atoms in total. The highest BCUT2D eigenvalue weighted by Gasteiger charge is 2.44. The van der Waals surface area contributed by atoms with Crippen molar-refractivity contribution in [3.8, 4) is 154 Å². The summed E-state index contributed by atoms with van der Waals surface area (Å²) in [5.41, 5.74) is 0. The van der Waals surface area contributed by atoms with Gasteiger partial charge in [0.1, 0.15) is 30.5 Å². The van der Waals surface area contributed by atoms with Crippen molar-refractivity contribution in [3.63, 3.8) is 0 Å². The molecule has 0 bridgehead atoms. The normalized spacial score (nSPS) is 17.5. The summed E-state index contributed by atoms with van der Waals surface area (Å²) in [4.78, 5) is 12.6. The summed E-state index contributed by atoms with van der Waals surface area (Å²) in [7, 11) is 0. The van der Waals surface area contributed by atoms with Gasteiger partial charge in [0.2, 0.25) is 0 Å². The first-order valence-corrected chi connectivity index (χ1v) is 19.1. The molecule has 0 aliphatic carbocycles. The van der Waals surface area contributed by atoms with Gasteiger partial charge in [-0.05, 0) is 121 Å². The maximum Gasteiger partial charge on any atom is 0.385 e. The molecule has 1 aliphatic rings. The van der Waals surface area contributed by atoms with Crippen molar-refractivity contribution in [2.75, 3.05) is 13.2 Å². The largest absolute Gasteiger partial charge is 0.447 e. The van der Waals surface area contributed by atoms with Crippen LogP contribution in [0.3, 0.4) is 0 Å². The van der Waals surface area contributed by atoms with E-state index in [4.69, 9.17) is 14.2 Å². The Labute approximate surface area is 355 Å². The van der Waals surface area contributed by atoms with E-state index in [0.717, 1.165) is 38.5 Å². The van der Waals surface area contributed by atoms with Crippen LogP contribution in [-0.4, -0.2) is 98.8 Å². The Bertz CT molecular complexity index is 2240. The highest BCUT2D eigenvalue weighted by atomic mass is 16.7. The zero-order valence-corrected chi connectivity index (χ0v) is 33.6. The molecule has 0 aromatic carbocycles. The topological polar surface area (TPSA) is 166 Å². The van der Waals surface area contributed by atoms with Gasteiger partial charge in [-0.25, -0.2) is 4.79 Å². The van der Waals surface area contributed by atoms with Crippen LogP contribution in [0.5, 0.6) is 0 Å². The molecule has 0 amide bonds. The first-order chi connectivity index (χ1) is 29.3. The van der Waals surface area contributed by atoms with Crippen LogP contribution in [0.4, 0.5) is 0 Å². The van der Waals surface area contributed by atoms with Crippen molar-refractivity contribution < 1.29 is 49.6 Å². The van der Waals surface area contributed by atoms with Crippen molar-refractivity contribution in [2.24, 2.45) is 0 Å². The van der Waals surface area contributed by atoms with E-state index in [1.54, 1.807) is 6.92 Å². The number of aliphatic hydroxyl groups is 6. The van der Waals surface area contributed by atoms with Gasteiger partial charge in [0.25, 0.3) is 0 Å². The third kappa shape index (κ3) is 25.6. The maximum atomic E-state index is 12.6. The van der Waals surface area contributed by atoms with Crippen LogP contribution in [0.2, 0.25) is 0 Å². The Hall–Kier alpha value is -6.57. The minimum atomic E-state index is -1.74. The maximum absolute atomic E-state index is 12.6. The van der Waals surface area contributed by atoms with Gasteiger partial charge in [-0.15, -0.1) is 11.8 Å². The minimum absolute atomic E-state index is 0.183. The van der Waals surface area contributed by atoms with Crippen LogP contribution in [0.1, 0.15) is 84.5 Å². The van der Waals surface area contributed by atoms with Crippen LogP contribution in [0.25, 0.3) is 0 Å². The molecule has 1 saturated heterocycles. The molecule has 0 radical (unpaired) electrons. The minimum Gasteiger partial charge on any atom is -0.447 e. The number of aliphatic hydroxyl groups excluding tert-OH is 6. The Kier molecular flexibility index (Phi) is 30.5. The quantitative estimate of drug-likeness (QED) is 0.0537. The van der Waals surface area contributed by atoms with Crippen LogP contribution in [-0.2, 0) is 19.0 Å². The molecule has 6 N–H and O–H groups in total. The summed E-state index contributed by atoms with van der Waals surface area (Å²) in [6.07, 6.45) is -2.58. The zero-order chi connectivity index (χ0) is 43.9. The summed E-state index contributed by atoms with van der Waals surface area (Å²) in [5.74, 6) is 64.1. The van der Waals surface area contributed by atoms with Crippen LogP contribution < -0.4 is 0 Å². The van der Waals surface area contributed by atoms with Crippen LogP contribution in [0, 0.1) is 154 Å². The molecule has 1 rings (SSSR count). The van der Waals surface area contributed by atoms with E-state index in [0.29, 0.717) is 6.42 Å². The lowest BCUT2D eigenvalue weighted by Gasteiger charge is -2.40. The van der Waals surface area contributed by atoms with Gasteiger partial charge < -0.3 is 44.8 Å². The molecule has 1 aliphatic heterocycles. The van der Waals surface area contributed by atoms with Gasteiger partial charge in [0, 0.05) is 54.3 Å². The number of hydrogen-bond donors (Lipinski definition) is 6. The molecule has 8 atom stereocenters. The Morgan fingerprint density at radius 3 is 1.52 bits per heavy atom. The predicted molar refractivity (Wildman–Crippen MR) is 225 cm³/mol. The molecule has 1 heterocycles. The van der Waals surface area contributed by atoms with Gasteiger partial charge in [0.05, 0.1) is 19.3 Å². The Morgan fingerprint density at radius 1 is 0.600 bits per heavy atom. The number of rotatable bonds is 17. The molecule has 1 fully saturated rings. The molecule has 306 valence electrons. The van der Waals surface area contributed by atoms with Gasteiger partial charge in [-0.1, -0.05) is 51.4 Å². The van der Waals surface area contributed by atoms with Gasteiger partial charge in [0.15, 0.2) is 12.4 Å². The first-order valence-electron chi connectivity index (χ1n) is 19.1. The lowest BCUT2D eigenvalue weighted by molar-refractivity contribution is -0.306. The van der Waals surface area contributed by atoms with E-state index in [1.807, 2.05) is 0 Å². The summed E-state index contributed by atoms with van der Waals surface area (Å²) < 4.78 is 16.1. The second-order valence-corrected chi connectivity index (χ2v) is 12.3. The molecule has 0 saturated carbocycles. The SMILES string of the molecule is CC#CC#CC#CC#CC#CC#CC#CC#CC#CC#CC#CC#CC(=O)O[C@@H](COC1OC(CO)C(O)C(O)C1O)[C@H](O)[C@H](O)CCCCCCC#CCCCCCC. The summed E-state index contributed by atoms with van der Waals surface area (Å²) in [6, 6.07) is 0. The molecule has 0 aromatic rings. The fraction of sp³-hybridized carbons (Fsp3) is 0.460. The van der Waals surface area contributed by atoms with Gasteiger partial charge in [-0.2, -0.15) is 0 Å². The standard InChI is InChI=1S/C50H46O10/c1-3-5-7-9-11-13-15-17-18-19-20-21-22-23-24-25-26-27-29-31-33-35-37-39-45(53)59-44(41-58-50-49(57)48(56)47(55)43(40-51)60-50)46(54)42(52)38-36-34-32-30-28-16-14-12-10-8-6-4-2/h42-44,46-52,54-57H,4,6,8,10,12,28,30,32,34,36,38,40-41H2,1-2H3/t42-,43?,44+,46-,47?,48?,49?,50?/m1/s1. The van der Waals surface area contributed by atoms with Gasteiger partial charge >= 0.3 is 5.97 Å². The number of ether oxygens (including phenoxy) is 3. The smallest absolute Gasteiger partial charge is 0.385 e. The predicted octanol–water partition coefficient (Wildman–Crippen LogP) is 0.812. The highest BCUT2D eigenvalue weighted by molar-refractivity contribution is 5.89. The average molecular weight is 807 g/mol. The fourth-order valence-electron chi connectivity index (χ4n) is 4.69. The van der Waals surface area contributed by atoms with Crippen molar-refractivity contribution >= 4 is 5.97 Å². The van der Waals surface area contributed by atoms with E-state index in [2.05, 4.69) is 161 Å². The lowest BCUT2D eigenvalue weighted by Crippen LogP contribution is -2.59. The van der Waals surface area contributed by atoms with E-state index in [-0.39, 0.29) is 6.42 Å². The molecule has 0 aromatic heterocycles. The third-order valence-corrected chi connectivity index (χ3v) is 7.74. The van der Waals surface area contributed by atoms with E-state index >= 15 is 0 Å².